The molecule has 1 aliphatic rings. The molecule has 0 N–H and O–H groups in total. The van der Waals surface area contributed by atoms with Gasteiger partial charge < -0.3 is 4.90 Å². The topological polar surface area (TPSA) is 57.7 Å². The zero-order valence-corrected chi connectivity index (χ0v) is 17.2. The van der Waals surface area contributed by atoms with Crippen LogP contribution in [0.3, 0.4) is 0 Å². The second-order valence-corrected chi connectivity index (χ2v) is 8.65. The fourth-order valence-electron chi connectivity index (χ4n) is 3.43. The summed E-state index contributed by atoms with van der Waals surface area (Å²) in [4.78, 5) is 14.8. The third kappa shape index (κ3) is 4.18. The van der Waals surface area contributed by atoms with Gasteiger partial charge >= 0.3 is 0 Å². The number of rotatable bonds is 6. The van der Waals surface area contributed by atoms with Crippen LogP contribution in [0.5, 0.6) is 0 Å². The van der Waals surface area contributed by atoms with Crippen LogP contribution in [0.15, 0.2) is 65.6 Å². The Hall–Kier alpha value is -2.44. The summed E-state index contributed by atoms with van der Waals surface area (Å²) in [7, 11) is -3.51. The Bertz CT molecular complexity index is 947. The van der Waals surface area contributed by atoms with Crippen LogP contribution < -0.4 is 0 Å². The molecule has 148 valence electrons. The monoisotopic (exact) mass is 398 g/mol. The molecule has 0 spiro atoms. The highest BCUT2D eigenvalue weighted by molar-refractivity contribution is 7.89. The lowest BCUT2D eigenvalue weighted by atomic mass is 9.99. The van der Waals surface area contributed by atoms with Gasteiger partial charge in [-0.2, -0.15) is 4.31 Å². The minimum Gasteiger partial charge on any atom is -0.335 e. The molecule has 5 nitrogen and oxygen atoms in total. The Balaban J connectivity index is 1.71. The van der Waals surface area contributed by atoms with Crippen molar-refractivity contribution in [2.45, 2.75) is 25.2 Å². The molecule has 6 heteroatoms. The zero-order valence-electron chi connectivity index (χ0n) is 16.3. The maximum Gasteiger partial charge on any atom is 0.254 e. The largest absolute Gasteiger partial charge is 0.335 e. The third-order valence-electron chi connectivity index (χ3n) is 5.09. The summed E-state index contributed by atoms with van der Waals surface area (Å²) < 4.78 is 26.5. The van der Waals surface area contributed by atoms with Gasteiger partial charge in [0, 0.05) is 31.7 Å². The summed E-state index contributed by atoms with van der Waals surface area (Å²) in [6, 6.07) is 16.4. The first-order valence-corrected chi connectivity index (χ1v) is 11.0. The average Bonchev–Trinajstić information content (AvgIpc) is 2.75. The summed E-state index contributed by atoms with van der Waals surface area (Å²) in [5, 5.41) is 0. The van der Waals surface area contributed by atoms with Gasteiger partial charge in [0.1, 0.15) is 0 Å². The van der Waals surface area contributed by atoms with E-state index in [9.17, 15) is 13.2 Å². The lowest BCUT2D eigenvalue weighted by Gasteiger charge is -2.27. The van der Waals surface area contributed by atoms with Gasteiger partial charge in [0.2, 0.25) is 10.0 Å². The van der Waals surface area contributed by atoms with Crippen molar-refractivity contribution in [3.8, 4) is 0 Å². The highest BCUT2D eigenvalue weighted by atomic mass is 32.2. The van der Waals surface area contributed by atoms with E-state index in [0.29, 0.717) is 31.7 Å². The van der Waals surface area contributed by atoms with Crippen molar-refractivity contribution < 1.29 is 13.2 Å². The van der Waals surface area contributed by atoms with Gasteiger partial charge in [-0.05, 0) is 41.8 Å². The number of carbonyl (C=O) groups excluding carboxylic acids is 1. The van der Waals surface area contributed by atoms with Crippen molar-refractivity contribution in [2.75, 3.05) is 26.2 Å². The lowest BCUT2D eigenvalue weighted by molar-refractivity contribution is 0.0772. The summed E-state index contributed by atoms with van der Waals surface area (Å²) in [6.07, 6.45) is 2.90. The molecular formula is C22H26N2O3S. The second kappa shape index (κ2) is 8.71. The van der Waals surface area contributed by atoms with Crippen LogP contribution in [0.4, 0.5) is 0 Å². The molecule has 0 fully saturated rings. The highest BCUT2D eigenvalue weighted by Gasteiger charge is 2.23. The summed E-state index contributed by atoms with van der Waals surface area (Å²) in [5.74, 6) is -0.0739. The van der Waals surface area contributed by atoms with Gasteiger partial charge in [0.15, 0.2) is 0 Å². The zero-order chi connectivity index (χ0) is 20.1. The number of nitrogens with zero attached hydrogens (tertiary/aromatic N) is 2. The number of hydrogen-bond donors (Lipinski definition) is 0. The first-order valence-electron chi connectivity index (χ1n) is 9.61. The van der Waals surface area contributed by atoms with Gasteiger partial charge in [-0.3, -0.25) is 4.79 Å². The fraction of sp³-hybridized carbons (Fsp3) is 0.318. The quantitative estimate of drug-likeness (QED) is 0.746. The molecule has 1 aliphatic heterocycles. The minimum atomic E-state index is -3.51. The van der Waals surface area contributed by atoms with E-state index in [2.05, 4.69) is 18.2 Å². The van der Waals surface area contributed by atoms with Crippen molar-refractivity contribution in [1.29, 1.82) is 0 Å². The van der Waals surface area contributed by atoms with Crippen LogP contribution in [-0.4, -0.2) is 49.7 Å². The van der Waals surface area contributed by atoms with Gasteiger partial charge in [0.25, 0.3) is 5.91 Å². The van der Waals surface area contributed by atoms with E-state index in [0.717, 1.165) is 6.42 Å². The van der Waals surface area contributed by atoms with Gasteiger partial charge in [0.05, 0.1) is 4.90 Å². The van der Waals surface area contributed by atoms with Crippen LogP contribution >= 0.6 is 0 Å². The van der Waals surface area contributed by atoms with E-state index in [1.54, 1.807) is 17.0 Å². The molecule has 0 radical (unpaired) electrons. The van der Waals surface area contributed by atoms with Gasteiger partial charge in [-0.15, -0.1) is 0 Å². The Morgan fingerprint density at radius 3 is 2.18 bits per heavy atom. The van der Waals surface area contributed by atoms with Crippen LogP contribution in [-0.2, 0) is 10.0 Å². The molecule has 28 heavy (non-hydrogen) atoms. The summed E-state index contributed by atoms with van der Waals surface area (Å²) >= 11 is 0. The molecule has 1 heterocycles. The fourth-order valence-corrected chi connectivity index (χ4v) is 4.89. The number of sulfonamides is 1. The number of hydrogen-bond acceptors (Lipinski definition) is 3. The SMILES string of the molecule is CCN(CC)S(=O)(=O)c1ccc(C(=O)N2CC=C(c3ccccc3)CC2)cc1. The number of carbonyl (C=O) groups is 1. The average molecular weight is 399 g/mol. The predicted molar refractivity (Wildman–Crippen MR) is 111 cm³/mol. The predicted octanol–water partition coefficient (Wildman–Crippen LogP) is 3.65. The molecule has 0 saturated heterocycles. The Morgan fingerprint density at radius 1 is 1.00 bits per heavy atom. The van der Waals surface area contributed by atoms with Crippen molar-refractivity contribution in [3.05, 3.63) is 71.8 Å². The van der Waals surface area contributed by atoms with E-state index in [1.165, 1.54) is 27.6 Å². The van der Waals surface area contributed by atoms with Crippen molar-refractivity contribution in [2.24, 2.45) is 0 Å². The first-order chi connectivity index (χ1) is 13.5. The molecule has 0 aromatic heterocycles. The van der Waals surface area contributed by atoms with Crippen molar-refractivity contribution >= 4 is 21.5 Å². The molecule has 0 aliphatic carbocycles. The molecule has 0 atom stereocenters. The standard InChI is InChI=1S/C22H26N2O3S/c1-3-24(4-2)28(26,27)21-12-10-20(11-13-21)22(25)23-16-14-19(15-17-23)18-8-6-5-7-9-18/h5-14H,3-4,15-17H2,1-2H3. The summed E-state index contributed by atoms with van der Waals surface area (Å²) in [5.41, 5.74) is 2.96. The van der Waals surface area contributed by atoms with E-state index in [-0.39, 0.29) is 10.8 Å². The number of benzene rings is 2. The van der Waals surface area contributed by atoms with Crippen LogP contribution in [0, 0.1) is 0 Å². The summed E-state index contributed by atoms with van der Waals surface area (Å²) in [6.45, 7) is 5.67. The number of amides is 1. The van der Waals surface area contributed by atoms with Gasteiger partial charge in [-0.25, -0.2) is 8.42 Å². The highest BCUT2D eigenvalue weighted by Crippen LogP contribution is 2.23. The molecule has 2 aromatic carbocycles. The van der Waals surface area contributed by atoms with E-state index in [4.69, 9.17) is 0 Å². The second-order valence-electron chi connectivity index (χ2n) is 6.71. The molecule has 0 saturated carbocycles. The van der Waals surface area contributed by atoms with Crippen LogP contribution in [0.25, 0.3) is 5.57 Å². The molecule has 0 bridgehead atoms. The van der Waals surface area contributed by atoms with Crippen LogP contribution in [0.2, 0.25) is 0 Å². The molecule has 1 amide bonds. The molecule has 2 aromatic rings. The maximum atomic E-state index is 12.8. The molecular weight excluding hydrogens is 372 g/mol. The van der Waals surface area contributed by atoms with E-state index in [1.807, 2.05) is 32.0 Å². The molecule has 0 unspecified atom stereocenters. The van der Waals surface area contributed by atoms with Crippen molar-refractivity contribution in [3.63, 3.8) is 0 Å². The lowest BCUT2D eigenvalue weighted by Crippen LogP contribution is -2.34. The van der Waals surface area contributed by atoms with E-state index < -0.39 is 10.0 Å². The van der Waals surface area contributed by atoms with E-state index >= 15 is 0 Å². The third-order valence-corrected chi connectivity index (χ3v) is 7.15. The Kier molecular flexibility index (Phi) is 6.31. The van der Waals surface area contributed by atoms with Gasteiger partial charge in [-0.1, -0.05) is 50.3 Å². The maximum absolute atomic E-state index is 12.8. The smallest absolute Gasteiger partial charge is 0.254 e. The van der Waals surface area contributed by atoms with Crippen LogP contribution in [0.1, 0.15) is 36.2 Å². The van der Waals surface area contributed by atoms with Crippen molar-refractivity contribution in [1.82, 2.24) is 9.21 Å². The minimum absolute atomic E-state index is 0.0739. The Labute approximate surface area is 167 Å². The Morgan fingerprint density at radius 2 is 1.64 bits per heavy atom. The normalized spacial score (nSPS) is 14.8. The first kappa shape index (κ1) is 20.3. The molecule has 3 rings (SSSR count).